The van der Waals surface area contributed by atoms with Crippen molar-refractivity contribution in [2.24, 2.45) is 0 Å². The van der Waals surface area contributed by atoms with Crippen LogP contribution in [-0.4, -0.2) is 33.5 Å². The topological polar surface area (TPSA) is 58.0 Å². The van der Waals surface area contributed by atoms with Crippen LogP contribution in [0.3, 0.4) is 0 Å². The standard InChI is InChI=1S/C12H18F3N3OS/c1-3-5-16-11-17-9(12(13,14)15)7-10(18-11)20-8(2)4-6-19/h7-8,19H,3-6H2,1-2H3,(H,16,17,18). The molecular formula is C12H18F3N3OS. The highest BCUT2D eigenvalue weighted by atomic mass is 32.2. The molecule has 0 radical (unpaired) electrons. The predicted octanol–water partition coefficient (Wildman–Crippen LogP) is 3.18. The van der Waals surface area contributed by atoms with Gasteiger partial charge in [0.1, 0.15) is 5.03 Å². The van der Waals surface area contributed by atoms with Crippen molar-refractivity contribution in [2.45, 2.75) is 43.1 Å². The van der Waals surface area contributed by atoms with E-state index < -0.39 is 11.9 Å². The lowest BCUT2D eigenvalue weighted by molar-refractivity contribution is -0.141. The molecule has 1 heterocycles. The number of hydrogen-bond acceptors (Lipinski definition) is 5. The lowest BCUT2D eigenvalue weighted by atomic mass is 10.3. The molecule has 1 atom stereocenters. The summed E-state index contributed by atoms with van der Waals surface area (Å²) in [7, 11) is 0. The number of rotatable bonds is 7. The first-order valence-corrected chi connectivity index (χ1v) is 7.22. The Bertz CT molecular complexity index is 429. The monoisotopic (exact) mass is 309 g/mol. The van der Waals surface area contributed by atoms with Crippen molar-refractivity contribution in [2.75, 3.05) is 18.5 Å². The van der Waals surface area contributed by atoms with Gasteiger partial charge in [0, 0.05) is 24.5 Å². The van der Waals surface area contributed by atoms with Gasteiger partial charge in [-0.3, -0.25) is 0 Å². The first-order chi connectivity index (χ1) is 9.36. The summed E-state index contributed by atoms with van der Waals surface area (Å²) in [5.41, 5.74) is -0.954. The lowest BCUT2D eigenvalue weighted by Crippen LogP contribution is -2.13. The molecule has 0 spiro atoms. The molecule has 0 fully saturated rings. The maximum absolute atomic E-state index is 12.8. The third kappa shape index (κ3) is 5.54. The summed E-state index contributed by atoms with van der Waals surface area (Å²) in [5.74, 6) is -0.0135. The molecule has 0 aliphatic heterocycles. The maximum Gasteiger partial charge on any atom is 0.433 e. The fourth-order valence-electron chi connectivity index (χ4n) is 1.39. The zero-order valence-electron chi connectivity index (χ0n) is 11.4. The van der Waals surface area contributed by atoms with Gasteiger partial charge in [-0.15, -0.1) is 11.8 Å². The Morgan fingerprint density at radius 1 is 1.40 bits per heavy atom. The largest absolute Gasteiger partial charge is 0.433 e. The maximum atomic E-state index is 12.8. The van der Waals surface area contributed by atoms with Gasteiger partial charge in [0.15, 0.2) is 5.69 Å². The molecule has 0 saturated heterocycles. The van der Waals surface area contributed by atoms with Gasteiger partial charge >= 0.3 is 6.18 Å². The molecule has 1 aromatic rings. The van der Waals surface area contributed by atoms with Crippen molar-refractivity contribution < 1.29 is 18.3 Å². The van der Waals surface area contributed by atoms with E-state index in [1.54, 1.807) is 0 Å². The van der Waals surface area contributed by atoms with Crippen LogP contribution in [0.15, 0.2) is 11.1 Å². The fourth-order valence-corrected chi connectivity index (χ4v) is 2.35. The molecule has 20 heavy (non-hydrogen) atoms. The number of thioether (sulfide) groups is 1. The SMILES string of the molecule is CCCNc1nc(SC(C)CCO)cc(C(F)(F)F)n1. The quantitative estimate of drug-likeness (QED) is 0.598. The van der Waals surface area contributed by atoms with Crippen molar-refractivity contribution in [3.63, 3.8) is 0 Å². The van der Waals surface area contributed by atoms with Crippen LogP contribution < -0.4 is 5.32 Å². The summed E-state index contributed by atoms with van der Waals surface area (Å²) in [6.07, 6.45) is -3.24. The van der Waals surface area contributed by atoms with E-state index in [4.69, 9.17) is 5.11 Å². The van der Waals surface area contributed by atoms with E-state index in [-0.39, 0.29) is 22.8 Å². The molecule has 4 nitrogen and oxygen atoms in total. The van der Waals surface area contributed by atoms with E-state index in [9.17, 15) is 13.2 Å². The molecule has 0 amide bonds. The number of halogens is 3. The molecule has 114 valence electrons. The second-order valence-corrected chi connectivity index (χ2v) is 5.74. The van der Waals surface area contributed by atoms with Gasteiger partial charge in [-0.25, -0.2) is 9.97 Å². The molecule has 0 aliphatic rings. The number of alkyl halides is 3. The van der Waals surface area contributed by atoms with Crippen molar-refractivity contribution in [1.29, 1.82) is 0 Å². The van der Waals surface area contributed by atoms with Crippen LogP contribution >= 0.6 is 11.8 Å². The van der Waals surface area contributed by atoms with Crippen molar-refractivity contribution in [3.8, 4) is 0 Å². The van der Waals surface area contributed by atoms with Gasteiger partial charge < -0.3 is 10.4 Å². The van der Waals surface area contributed by atoms with Crippen LogP contribution in [0.4, 0.5) is 19.1 Å². The van der Waals surface area contributed by atoms with Crippen LogP contribution in [0.1, 0.15) is 32.4 Å². The van der Waals surface area contributed by atoms with E-state index in [0.29, 0.717) is 13.0 Å². The highest BCUT2D eigenvalue weighted by Crippen LogP contribution is 2.32. The Hall–Kier alpha value is -1.02. The Balaban J connectivity index is 2.97. The smallest absolute Gasteiger partial charge is 0.396 e. The summed E-state index contributed by atoms with van der Waals surface area (Å²) >= 11 is 1.19. The molecule has 0 bridgehead atoms. The predicted molar refractivity (Wildman–Crippen MR) is 72.8 cm³/mol. The Morgan fingerprint density at radius 2 is 2.10 bits per heavy atom. The summed E-state index contributed by atoms with van der Waals surface area (Å²) < 4.78 is 38.4. The number of aliphatic hydroxyl groups excluding tert-OH is 1. The second kappa shape index (κ2) is 7.68. The van der Waals surface area contributed by atoms with Gasteiger partial charge in [0.05, 0.1) is 0 Å². The van der Waals surface area contributed by atoms with E-state index in [2.05, 4.69) is 15.3 Å². The first-order valence-electron chi connectivity index (χ1n) is 6.34. The van der Waals surface area contributed by atoms with Crippen molar-refractivity contribution >= 4 is 17.7 Å². The van der Waals surface area contributed by atoms with Crippen LogP contribution in [0.25, 0.3) is 0 Å². The number of aliphatic hydroxyl groups is 1. The second-order valence-electron chi connectivity index (χ2n) is 4.28. The zero-order valence-corrected chi connectivity index (χ0v) is 12.2. The minimum atomic E-state index is -4.50. The molecule has 1 aromatic heterocycles. The van der Waals surface area contributed by atoms with Crippen LogP contribution in [0, 0.1) is 0 Å². The molecule has 0 aromatic carbocycles. The molecule has 1 unspecified atom stereocenters. The van der Waals surface area contributed by atoms with Gasteiger partial charge in [-0.1, -0.05) is 13.8 Å². The van der Waals surface area contributed by atoms with E-state index >= 15 is 0 Å². The van der Waals surface area contributed by atoms with Gasteiger partial charge in [-0.05, 0) is 12.8 Å². The van der Waals surface area contributed by atoms with Crippen molar-refractivity contribution in [1.82, 2.24) is 9.97 Å². The molecule has 1 rings (SSSR count). The highest BCUT2D eigenvalue weighted by molar-refractivity contribution is 7.99. The number of hydrogen-bond donors (Lipinski definition) is 2. The summed E-state index contributed by atoms with van der Waals surface area (Å²) in [4.78, 5) is 7.55. The third-order valence-electron chi connectivity index (χ3n) is 2.38. The fraction of sp³-hybridized carbons (Fsp3) is 0.667. The zero-order chi connectivity index (χ0) is 15.2. The normalized spacial score (nSPS) is 13.3. The first kappa shape index (κ1) is 17.0. The minimum absolute atomic E-state index is 0.00762. The Labute approximate surface area is 120 Å². The summed E-state index contributed by atoms with van der Waals surface area (Å²) in [6, 6.07) is 0.940. The lowest BCUT2D eigenvalue weighted by Gasteiger charge is -2.13. The van der Waals surface area contributed by atoms with Crippen LogP contribution in [0.2, 0.25) is 0 Å². The van der Waals surface area contributed by atoms with Gasteiger partial charge in [-0.2, -0.15) is 13.2 Å². The average molecular weight is 309 g/mol. The Kier molecular flexibility index (Phi) is 6.54. The van der Waals surface area contributed by atoms with E-state index in [0.717, 1.165) is 12.5 Å². The molecular weight excluding hydrogens is 291 g/mol. The molecule has 8 heteroatoms. The van der Waals surface area contributed by atoms with Crippen LogP contribution in [0.5, 0.6) is 0 Å². The van der Waals surface area contributed by atoms with Crippen molar-refractivity contribution in [3.05, 3.63) is 11.8 Å². The average Bonchev–Trinajstić information content (AvgIpc) is 2.35. The number of anilines is 1. The van der Waals surface area contributed by atoms with Gasteiger partial charge in [0.25, 0.3) is 0 Å². The number of nitrogens with one attached hydrogen (secondary N) is 1. The molecule has 0 saturated carbocycles. The van der Waals surface area contributed by atoms with E-state index in [1.165, 1.54) is 11.8 Å². The minimum Gasteiger partial charge on any atom is -0.396 e. The molecule has 0 aliphatic carbocycles. The summed E-state index contributed by atoms with van der Waals surface area (Å²) in [6.45, 7) is 4.24. The Morgan fingerprint density at radius 3 is 2.65 bits per heavy atom. The molecule has 2 N–H and O–H groups in total. The van der Waals surface area contributed by atoms with Crippen LogP contribution in [-0.2, 0) is 6.18 Å². The third-order valence-corrected chi connectivity index (χ3v) is 3.47. The van der Waals surface area contributed by atoms with E-state index in [1.807, 2.05) is 13.8 Å². The number of nitrogens with zero attached hydrogens (tertiary/aromatic N) is 2. The van der Waals surface area contributed by atoms with Gasteiger partial charge in [0.2, 0.25) is 5.95 Å². The highest BCUT2D eigenvalue weighted by Gasteiger charge is 2.33. The number of aromatic nitrogens is 2. The summed E-state index contributed by atoms with van der Waals surface area (Å²) in [5, 5.41) is 11.8.